The van der Waals surface area contributed by atoms with Crippen molar-refractivity contribution in [2.75, 3.05) is 7.05 Å². The Morgan fingerprint density at radius 1 is 1.26 bits per heavy atom. The summed E-state index contributed by atoms with van der Waals surface area (Å²) in [4.78, 5) is 18.7. The van der Waals surface area contributed by atoms with E-state index in [1.54, 1.807) is 6.33 Å². The molecule has 4 heteroatoms. The van der Waals surface area contributed by atoms with E-state index < -0.39 is 0 Å². The van der Waals surface area contributed by atoms with Crippen LogP contribution >= 0.6 is 0 Å². The Kier molecular flexibility index (Phi) is 2.66. The molecule has 1 aliphatic heterocycles. The van der Waals surface area contributed by atoms with Crippen LogP contribution in [0.1, 0.15) is 35.9 Å². The van der Waals surface area contributed by atoms with E-state index in [9.17, 15) is 4.79 Å². The molecular formula is C15H17N3O. The van der Waals surface area contributed by atoms with Gasteiger partial charge in [0.25, 0.3) is 5.91 Å². The first-order valence-electron chi connectivity index (χ1n) is 6.50. The summed E-state index contributed by atoms with van der Waals surface area (Å²) in [7, 11) is 1.87. The summed E-state index contributed by atoms with van der Waals surface area (Å²) in [5, 5.41) is 0. The maximum atomic E-state index is 12.6. The fourth-order valence-electron chi connectivity index (χ4n) is 2.89. The molecule has 1 atom stereocenters. The van der Waals surface area contributed by atoms with Gasteiger partial charge in [-0.1, -0.05) is 26.0 Å². The van der Waals surface area contributed by atoms with Crippen LogP contribution in [0, 0.1) is 5.92 Å². The molecular weight excluding hydrogens is 238 g/mol. The molecule has 1 aliphatic rings. The van der Waals surface area contributed by atoms with E-state index in [4.69, 9.17) is 0 Å². The Labute approximate surface area is 112 Å². The fourth-order valence-corrected chi connectivity index (χ4v) is 2.89. The molecule has 0 bridgehead atoms. The monoisotopic (exact) mass is 255 g/mol. The largest absolute Gasteiger partial charge is 0.333 e. The van der Waals surface area contributed by atoms with E-state index in [0.717, 1.165) is 16.9 Å². The lowest BCUT2D eigenvalue weighted by Gasteiger charge is -2.29. The van der Waals surface area contributed by atoms with Crippen molar-refractivity contribution in [3.05, 3.63) is 48.0 Å². The zero-order valence-corrected chi connectivity index (χ0v) is 11.4. The minimum Gasteiger partial charge on any atom is -0.333 e. The van der Waals surface area contributed by atoms with Crippen LogP contribution in [0.4, 0.5) is 0 Å². The summed E-state index contributed by atoms with van der Waals surface area (Å²) >= 11 is 0. The second kappa shape index (κ2) is 4.23. The summed E-state index contributed by atoms with van der Waals surface area (Å²) in [6.45, 7) is 4.25. The van der Waals surface area contributed by atoms with Crippen LogP contribution in [-0.4, -0.2) is 27.4 Å². The first-order chi connectivity index (χ1) is 9.11. The predicted octanol–water partition coefficient (Wildman–Crippen LogP) is 2.66. The molecule has 3 rings (SSSR count). The molecule has 98 valence electrons. The highest BCUT2D eigenvalue weighted by atomic mass is 16.2. The minimum absolute atomic E-state index is 0.0439. The summed E-state index contributed by atoms with van der Waals surface area (Å²) in [5.74, 6) is 0.400. The molecule has 0 radical (unpaired) electrons. The van der Waals surface area contributed by atoms with Gasteiger partial charge in [-0.05, 0) is 18.1 Å². The Hall–Kier alpha value is -2.10. The second-order valence-corrected chi connectivity index (χ2v) is 5.31. The number of carbonyl (C=O) groups excluding carboxylic acids is 1. The van der Waals surface area contributed by atoms with Crippen molar-refractivity contribution in [1.82, 2.24) is 14.5 Å². The lowest BCUT2D eigenvalue weighted by molar-refractivity contribution is 0.0689. The van der Waals surface area contributed by atoms with Crippen molar-refractivity contribution < 1.29 is 4.79 Å². The van der Waals surface area contributed by atoms with Gasteiger partial charge in [0.1, 0.15) is 0 Å². The highest BCUT2D eigenvalue weighted by molar-refractivity contribution is 5.98. The molecule has 0 fully saturated rings. The third kappa shape index (κ3) is 1.67. The fraction of sp³-hybridized carbons (Fsp3) is 0.333. The van der Waals surface area contributed by atoms with Gasteiger partial charge in [-0.2, -0.15) is 0 Å². The Morgan fingerprint density at radius 2 is 2.00 bits per heavy atom. The molecule has 1 aromatic carbocycles. The molecule has 0 N–H and O–H groups in total. The zero-order valence-electron chi connectivity index (χ0n) is 11.4. The number of hydrogen-bond acceptors (Lipinski definition) is 2. The van der Waals surface area contributed by atoms with Gasteiger partial charge in [-0.25, -0.2) is 4.98 Å². The normalized spacial score (nSPS) is 18.2. The van der Waals surface area contributed by atoms with Crippen molar-refractivity contribution in [2.24, 2.45) is 5.92 Å². The van der Waals surface area contributed by atoms with Crippen molar-refractivity contribution >= 4 is 5.91 Å². The number of carbonyl (C=O) groups is 1. The first kappa shape index (κ1) is 12.0. The van der Waals surface area contributed by atoms with Crippen LogP contribution in [-0.2, 0) is 0 Å². The highest BCUT2D eigenvalue weighted by Gasteiger charge is 2.33. The molecule has 0 saturated carbocycles. The second-order valence-electron chi connectivity index (χ2n) is 5.31. The molecule has 2 heterocycles. The van der Waals surface area contributed by atoms with Gasteiger partial charge in [0, 0.05) is 7.05 Å². The standard InChI is InChI=1S/C15H17N3O/c1-10(2)14-13-8-16-9-18(13)12-7-5-4-6-11(12)15(19)17(14)3/h4-10,14H,1-3H3. The summed E-state index contributed by atoms with van der Waals surface area (Å²) in [5.41, 5.74) is 2.71. The number of aromatic nitrogens is 2. The number of amides is 1. The van der Waals surface area contributed by atoms with Crippen LogP contribution in [0.2, 0.25) is 0 Å². The van der Waals surface area contributed by atoms with E-state index >= 15 is 0 Å². The van der Waals surface area contributed by atoms with Crippen molar-refractivity contribution in [3.8, 4) is 5.69 Å². The number of hydrogen-bond donors (Lipinski definition) is 0. The molecule has 19 heavy (non-hydrogen) atoms. The van der Waals surface area contributed by atoms with E-state index in [2.05, 4.69) is 18.8 Å². The average molecular weight is 255 g/mol. The number of para-hydroxylation sites is 1. The number of benzene rings is 1. The summed E-state index contributed by atoms with van der Waals surface area (Å²) in [6, 6.07) is 7.74. The Balaban J connectivity index is 2.30. The molecule has 1 aromatic heterocycles. The maximum absolute atomic E-state index is 12.6. The molecule has 1 amide bonds. The lowest BCUT2D eigenvalue weighted by atomic mass is 10.00. The van der Waals surface area contributed by atoms with Gasteiger partial charge >= 0.3 is 0 Å². The van der Waals surface area contributed by atoms with Gasteiger partial charge in [-0.3, -0.25) is 4.79 Å². The molecule has 0 spiro atoms. The van der Waals surface area contributed by atoms with Gasteiger partial charge in [0.15, 0.2) is 0 Å². The third-order valence-corrected chi connectivity index (χ3v) is 3.73. The average Bonchev–Trinajstić information content (AvgIpc) is 2.83. The molecule has 0 aliphatic carbocycles. The zero-order chi connectivity index (χ0) is 13.6. The predicted molar refractivity (Wildman–Crippen MR) is 73.2 cm³/mol. The molecule has 4 nitrogen and oxygen atoms in total. The molecule has 1 unspecified atom stereocenters. The minimum atomic E-state index is 0.0439. The smallest absolute Gasteiger partial charge is 0.256 e. The highest BCUT2D eigenvalue weighted by Crippen LogP contribution is 2.34. The number of fused-ring (bicyclic) bond motifs is 3. The summed E-state index contributed by atoms with van der Waals surface area (Å²) in [6.07, 6.45) is 3.65. The van der Waals surface area contributed by atoms with Crippen molar-refractivity contribution in [2.45, 2.75) is 19.9 Å². The topological polar surface area (TPSA) is 38.1 Å². The summed E-state index contributed by atoms with van der Waals surface area (Å²) < 4.78 is 2.03. The molecule has 2 aromatic rings. The van der Waals surface area contributed by atoms with Gasteiger partial charge < -0.3 is 9.47 Å². The Bertz CT molecular complexity index is 630. The molecule has 0 saturated heterocycles. The van der Waals surface area contributed by atoms with Crippen LogP contribution in [0.3, 0.4) is 0 Å². The van der Waals surface area contributed by atoms with E-state index in [1.165, 1.54) is 0 Å². The third-order valence-electron chi connectivity index (χ3n) is 3.73. The van der Waals surface area contributed by atoms with Crippen molar-refractivity contribution in [3.63, 3.8) is 0 Å². The lowest BCUT2D eigenvalue weighted by Crippen LogP contribution is -2.33. The van der Waals surface area contributed by atoms with Crippen LogP contribution in [0.25, 0.3) is 5.69 Å². The van der Waals surface area contributed by atoms with Crippen molar-refractivity contribution in [1.29, 1.82) is 0 Å². The van der Waals surface area contributed by atoms with Crippen LogP contribution in [0.15, 0.2) is 36.8 Å². The van der Waals surface area contributed by atoms with E-state index in [1.807, 2.05) is 47.0 Å². The van der Waals surface area contributed by atoms with Gasteiger partial charge in [0.05, 0.1) is 35.5 Å². The van der Waals surface area contributed by atoms with Gasteiger partial charge in [-0.15, -0.1) is 0 Å². The Morgan fingerprint density at radius 3 is 2.74 bits per heavy atom. The first-order valence-corrected chi connectivity index (χ1v) is 6.50. The SMILES string of the molecule is CC(C)C1c2cncn2-c2ccccc2C(=O)N1C. The van der Waals surface area contributed by atoms with E-state index in [-0.39, 0.29) is 11.9 Å². The van der Waals surface area contributed by atoms with Crippen LogP contribution in [0.5, 0.6) is 0 Å². The quantitative estimate of drug-likeness (QED) is 0.785. The number of imidazole rings is 1. The van der Waals surface area contributed by atoms with E-state index in [0.29, 0.717) is 5.92 Å². The number of nitrogens with zero attached hydrogens (tertiary/aromatic N) is 3. The van der Waals surface area contributed by atoms with Gasteiger partial charge in [0.2, 0.25) is 0 Å². The number of rotatable bonds is 1. The maximum Gasteiger partial charge on any atom is 0.256 e. The van der Waals surface area contributed by atoms with Crippen LogP contribution < -0.4 is 0 Å².